The number of rotatable bonds is 3. The standard InChI is InChI=1S/C22H18N4O2/c23-13-18-21(16-8-4-5-9-20(16)26(27)28)17-12-15(14-6-2-1-3-7-14)10-11-19(17)25-22(18)24/h1-9,15H,10-12H2,(H2,24,25). The van der Waals surface area contributed by atoms with Crippen molar-refractivity contribution in [2.24, 2.45) is 0 Å². The quantitative estimate of drug-likeness (QED) is 0.544. The van der Waals surface area contributed by atoms with Crippen molar-refractivity contribution in [1.82, 2.24) is 4.98 Å². The van der Waals surface area contributed by atoms with Gasteiger partial charge in [-0.2, -0.15) is 5.26 Å². The summed E-state index contributed by atoms with van der Waals surface area (Å²) in [6, 6.07) is 18.8. The Morgan fingerprint density at radius 3 is 2.57 bits per heavy atom. The molecule has 28 heavy (non-hydrogen) atoms. The minimum absolute atomic E-state index is 0.0337. The van der Waals surface area contributed by atoms with Gasteiger partial charge in [0.05, 0.1) is 10.5 Å². The topological polar surface area (TPSA) is 106 Å². The van der Waals surface area contributed by atoms with Crippen LogP contribution in [-0.2, 0) is 12.8 Å². The number of nitro groups is 1. The maximum Gasteiger partial charge on any atom is 0.277 e. The molecule has 0 radical (unpaired) electrons. The SMILES string of the molecule is N#Cc1c(N)nc2c(c1-c1ccccc1[N+](=O)[O-])CC(c1ccccc1)CC2. The smallest absolute Gasteiger partial charge is 0.277 e. The van der Waals surface area contributed by atoms with Gasteiger partial charge in [0, 0.05) is 17.3 Å². The molecule has 0 aliphatic heterocycles. The van der Waals surface area contributed by atoms with Crippen LogP contribution in [0, 0.1) is 21.4 Å². The fourth-order valence-corrected chi connectivity index (χ4v) is 4.04. The van der Waals surface area contributed by atoms with E-state index in [9.17, 15) is 15.4 Å². The summed E-state index contributed by atoms with van der Waals surface area (Å²) in [5.41, 5.74) is 10.2. The minimum Gasteiger partial charge on any atom is -0.383 e. The lowest BCUT2D eigenvalue weighted by Crippen LogP contribution is -2.18. The zero-order valence-corrected chi connectivity index (χ0v) is 15.1. The number of nitrogens with two attached hydrogens (primary N) is 1. The van der Waals surface area contributed by atoms with Crippen molar-refractivity contribution in [1.29, 1.82) is 5.26 Å². The van der Waals surface area contributed by atoms with E-state index in [0.717, 1.165) is 24.1 Å². The lowest BCUT2D eigenvalue weighted by atomic mass is 9.78. The van der Waals surface area contributed by atoms with Crippen LogP contribution in [0.1, 0.15) is 34.7 Å². The lowest BCUT2D eigenvalue weighted by molar-refractivity contribution is -0.384. The number of nitrogens with zero attached hydrogens (tertiary/aromatic N) is 3. The number of pyridine rings is 1. The highest BCUT2D eigenvalue weighted by Gasteiger charge is 2.29. The molecule has 0 saturated heterocycles. The average Bonchev–Trinajstić information content (AvgIpc) is 2.73. The molecule has 1 aliphatic rings. The van der Waals surface area contributed by atoms with Gasteiger partial charge >= 0.3 is 0 Å². The molecule has 0 amide bonds. The number of nitriles is 1. The van der Waals surface area contributed by atoms with Crippen molar-refractivity contribution in [3.63, 3.8) is 0 Å². The summed E-state index contributed by atoms with van der Waals surface area (Å²) in [5.74, 6) is 0.403. The summed E-state index contributed by atoms with van der Waals surface area (Å²) in [6.45, 7) is 0. The molecule has 1 heterocycles. The summed E-state index contributed by atoms with van der Waals surface area (Å²) in [4.78, 5) is 15.6. The molecule has 2 N–H and O–H groups in total. The maximum atomic E-state index is 11.6. The number of hydrogen-bond acceptors (Lipinski definition) is 5. The predicted molar refractivity (Wildman–Crippen MR) is 107 cm³/mol. The van der Waals surface area contributed by atoms with Crippen LogP contribution < -0.4 is 5.73 Å². The first-order chi connectivity index (χ1) is 13.6. The summed E-state index contributed by atoms with van der Waals surface area (Å²) in [6.07, 6.45) is 2.31. The van der Waals surface area contributed by atoms with Gasteiger partial charge in [0.25, 0.3) is 5.69 Å². The van der Waals surface area contributed by atoms with Crippen LogP contribution in [0.3, 0.4) is 0 Å². The van der Waals surface area contributed by atoms with Gasteiger partial charge in [0.15, 0.2) is 0 Å². The Morgan fingerprint density at radius 2 is 1.86 bits per heavy atom. The molecule has 0 fully saturated rings. The number of hydrogen-bond donors (Lipinski definition) is 1. The molecule has 138 valence electrons. The highest BCUT2D eigenvalue weighted by molar-refractivity contribution is 5.84. The maximum absolute atomic E-state index is 11.6. The Kier molecular flexibility index (Phi) is 4.50. The van der Waals surface area contributed by atoms with Crippen molar-refractivity contribution >= 4 is 11.5 Å². The molecule has 0 spiro atoms. The van der Waals surface area contributed by atoms with Crippen LogP contribution in [0.15, 0.2) is 54.6 Å². The average molecular weight is 370 g/mol. The first-order valence-corrected chi connectivity index (χ1v) is 9.10. The van der Waals surface area contributed by atoms with E-state index in [4.69, 9.17) is 5.73 Å². The second-order valence-electron chi connectivity index (χ2n) is 6.91. The highest BCUT2D eigenvalue weighted by Crippen LogP contribution is 2.42. The van der Waals surface area contributed by atoms with Gasteiger partial charge in [-0.1, -0.05) is 42.5 Å². The van der Waals surface area contributed by atoms with Crippen molar-refractivity contribution in [2.45, 2.75) is 25.2 Å². The van der Waals surface area contributed by atoms with Gasteiger partial charge < -0.3 is 5.73 Å². The third kappa shape index (κ3) is 2.97. The Balaban J connectivity index is 1.94. The van der Waals surface area contributed by atoms with Gasteiger partial charge in [-0.3, -0.25) is 10.1 Å². The summed E-state index contributed by atoms with van der Waals surface area (Å²) < 4.78 is 0. The molecule has 1 aromatic heterocycles. The van der Waals surface area contributed by atoms with Gasteiger partial charge in [-0.05, 0) is 42.4 Å². The molecule has 1 aliphatic carbocycles. The molecular weight excluding hydrogens is 352 g/mol. The molecule has 6 heteroatoms. The highest BCUT2D eigenvalue weighted by atomic mass is 16.6. The molecule has 1 unspecified atom stereocenters. The Labute approximate surface area is 162 Å². The molecule has 2 aromatic carbocycles. The van der Waals surface area contributed by atoms with Crippen LogP contribution in [0.4, 0.5) is 11.5 Å². The number of anilines is 1. The summed E-state index contributed by atoms with van der Waals surface area (Å²) in [7, 11) is 0. The molecule has 6 nitrogen and oxygen atoms in total. The number of nitro benzene ring substituents is 1. The van der Waals surface area contributed by atoms with Crippen LogP contribution in [-0.4, -0.2) is 9.91 Å². The van der Waals surface area contributed by atoms with Gasteiger partial charge in [-0.15, -0.1) is 0 Å². The molecule has 1 atom stereocenters. The fraction of sp³-hybridized carbons (Fsp3) is 0.182. The van der Waals surface area contributed by atoms with E-state index in [0.29, 0.717) is 17.5 Å². The predicted octanol–water partition coefficient (Wildman–Crippen LogP) is 4.38. The molecule has 0 bridgehead atoms. The molecular formula is C22H18N4O2. The van der Waals surface area contributed by atoms with E-state index in [1.54, 1.807) is 18.2 Å². The first-order valence-electron chi connectivity index (χ1n) is 9.10. The molecule has 4 rings (SSSR count). The Morgan fingerprint density at radius 1 is 1.14 bits per heavy atom. The van der Waals surface area contributed by atoms with E-state index in [1.165, 1.54) is 11.6 Å². The van der Waals surface area contributed by atoms with Gasteiger partial charge in [0.2, 0.25) is 0 Å². The van der Waals surface area contributed by atoms with E-state index in [-0.39, 0.29) is 23.0 Å². The van der Waals surface area contributed by atoms with Crippen LogP contribution >= 0.6 is 0 Å². The van der Waals surface area contributed by atoms with Crippen molar-refractivity contribution in [3.8, 4) is 17.2 Å². The number of para-hydroxylation sites is 1. The third-order valence-electron chi connectivity index (χ3n) is 5.34. The van der Waals surface area contributed by atoms with E-state index in [2.05, 4.69) is 23.2 Å². The summed E-state index contributed by atoms with van der Waals surface area (Å²) in [5, 5.41) is 21.3. The number of aromatic nitrogens is 1. The second kappa shape index (κ2) is 7.12. The normalized spacial score (nSPS) is 15.5. The van der Waals surface area contributed by atoms with E-state index >= 15 is 0 Å². The summed E-state index contributed by atoms with van der Waals surface area (Å²) >= 11 is 0. The van der Waals surface area contributed by atoms with E-state index < -0.39 is 4.92 Å². The number of aryl methyl sites for hydroxylation is 1. The largest absolute Gasteiger partial charge is 0.383 e. The van der Waals surface area contributed by atoms with Crippen molar-refractivity contribution < 1.29 is 4.92 Å². The van der Waals surface area contributed by atoms with Crippen LogP contribution in [0.25, 0.3) is 11.1 Å². The zero-order chi connectivity index (χ0) is 19.7. The van der Waals surface area contributed by atoms with Gasteiger partial charge in [0.1, 0.15) is 17.5 Å². The molecule has 3 aromatic rings. The third-order valence-corrected chi connectivity index (χ3v) is 5.34. The number of nitrogen functional groups attached to an aromatic ring is 1. The number of fused-ring (bicyclic) bond motifs is 1. The van der Waals surface area contributed by atoms with E-state index in [1.807, 2.05) is 18.2 Å². The Hall–Kier alpha value is -3.72. The minimum atomic E-state index is -0.420. The fourth-order valence-electron chi connectivity index (χ4n) is 4.04. The van der Waals surface area contributed by atoms with Crippen LogP contribution in [0.2, 0.25) is 0 Å². The second-order valence-corrected chi connectivity index (χ2v) is 6.91. The van der Waals surface area contributed by atoms with Crippen LogP contribution in [0.5, 0.6) is 0 Å². The van der Waals surface area contributed by atoms with Crippen molar-refractivity contribution in [2.75, 3.05) is 5.73 Å². The Bertz CT molecular complexity index is 1100. The lowest BCUT2D eigenvalue weighted by Gasteiger charge is -2.27. The molecule has 0 saturated carbocycles. The first kappa shape index (κ1) is 17.7. The van der Waals surface area contributed by atoms with Gasteiger partial charge in [-0.25, -0.2) is 4.98 Å². The number of benzene rings is 2. The van der Waals surface area contributed by atoms with Crippen molar-refractivity contribution in [3.05, 3.63) is 87.1 Å². The monoisotopic (exact) mass is 370 g/mol. The zero-order valence-electron chi connectivity index (χ0n) is 15.1.